The molecule has 0 saturated heterocycles. The molecule has 230 valence electrons. The zero-order valence-corrected chi connectivity index (χ0v) is 27.3. The Labute approximate surface area is 287 Å². The Morgan fingerprint density at radius 3 is 2.06 bits per heavy atom. The molecule has 0 atom stereocenters. The molecule has 2 aromatic heterocycles. The summed E-state index contributed by atoms with van der Waals surface area (Å²) in [6, 6.07) is 63.3. The largest absolute Gasteiger partial charge is 0.454 e. The number of para-hydroxylation sites is 3. The van der Waals surface area contributed by atoms with E-state index in [4.69, 9.17) is 4.42 Å². The van der Waals surface area contributed by atoms with E-state index in [2.05, 4.69) is 175 Å². The van der Waals surface area contributed by atoms with Gasteiger partial charge in [-0.25, -0.2) is 0 Å². The third-order valence-corrected chi connectivity index (χ3v) is 10.8. The van der Waals surface area contributed by atoms with Gasteiger partial charge >= 0.3 is 0 Å². The highest BCUT2D eigenvalue weighted by Gasteiger charge is 2.22. The summed E-state index contributed by atoms with van der Waals surface area (Å²) in [4.78, 5) is 2.38. The van der Waals surface area contributed by atoms with Crippen LogP contribution in [0.1, 0.15) is 0 Å². The lowest BCUT2D eigenvalue weighted by molar-refractivity contribution is 0.669. The zero-order chi connectivity index (χ0) is 32.3. The number of furan rings is 1. The van der Waals surface area contributed by atoms with Gasteiger partial charge in [-0.15, -0.1) is 11.3 Å². The maximum absolute atomic E-state index is 6.67. The Morgan fingerprint density at radius 1 is 0.408 bits per heavy atom. The summed E-state index contributed by atoms with van der Waals surface area (Å²) in [7, 11) is 0. The Hall–Kier alpha value is -6.16. The minimum Gasteiger partial charge on any atom is -0.454 e. The van der Waals surface area contributed by atoms with Crippen LogP contribution < -0.4 is 4.90 Å². The van der Waals surface area contributed by atoms with Crippen molar-refractivity contribution < 1.29 is 4.42 Å². The monoisotopic (exact) mass is 643 g/mol. The van der Waals surface area contributed by atoms with Crippen molar-refractivity contribution in [3.8, 4) is 22.3 Å². The van der Waals surface area contributed by atoms with Crippen LogP contribution in [-0.4, -0.2) is 0 Å². The number of benzene rings is 8. The Balaban J connectivity index is 1.21. The van der Waals surface area contributed by atoms with Crippen molar-refractivity contribution in [2.75, 3.05) is 4.90 Å². The van der Waals surface area contributed by atoms with Crippen LogP contribution in [0.3, 0.4) is 0 Å². The van der Waals surface area contributed by atoms with E-state index in [1.54, 1.807) is 0 Å². The molecule has 0 aliphatic carbocycles. The first-order valence-electron chi connectivity index (χ1n) is 16.6. The second kappa shape index (κ2) is 11.2. The third kappa shape index (κ3) is 4.62. The molecular formula is C46H29NOS. The first-order valence-corrected chi connectivity index (χ1v) is 17.4. The molecule has 2 nitrogen and oxygen atoms in total. The Morgan fingerprint density at radius 2 is 1.10 bits per heavy atom. The molecule has 0 fully saturated rings. The summed E-state index contributed by atoms with van der Waals surface area (Å²) in [5, 5.41) is 7.28. The second-order valence-corrected chi connectivity index (χ2v) is 13.6. The number of hydrogen-bond acceptors (Lipinski definition) is 3. The van der Waals surface area contributed by atoms with Crippen molar-refractivity contribution in [1.29, 1.82) is 0 Å². The smallest absolute Gasteiger partial charge is 0.159 e. The van der Waals surface area contributed by atoms with Gasteiger partial charge in [0, 0.05) is 42.2 Å². The van der Waals surface area contributed by atoms with Crippen molar-refractivity contribution in [3.05, 3.63) is 176 Å². The first kappa shape index (κ1) is 27.9. The molecular weight excluding hydrogens is 615 g/mol. The fourth-order valence-electron chi connectivity index (χ4n) is 7.32. The van der Waals surface area contributed by atoms with Crippen molar-refractivity contribution in [2.24, 2.45) is 0 Å². The highest BCUT2D eigenvalue weighted by molar-refractivity contribution is 7.25. The lowest BCUT2D eigenvalue weighted by Crippen LogP contribution is -2.11. The predicted octanol–water partition coefficient (Wildman–Crippen LogP) is 13.9. The fraction of sp³-hybridized carbons (Fsp3) is 0. The molecule has 0 amide bonds. The number of hydrogen-bond donors (Lipinski definition) is 0. The van der Waals surface area contributed by atoms with Gasteiger partial charge in [-0.3, -0.25) is 0 Å². The average Bonchev–Trinajstić information content (AvgIpc) is 3.74. The predicted molar refractivity (Wildman–Crippen MR) is 210 cm³/mol. The molecule has 0 saturated carbocycles. The molecule has 0 N–H and O–H groups in total. The van der Waals surface area contributed by atoms with Crippen LogP contribution in [-0.2, 0) is 0 Å². The Kier molecular flexibility index (Phi) is 6.39. The molecule has 0 bridgehead atoms. The average molecular weight is 644 g/mol. The van der Waals surface area contributed by atoms with Gasteiger partial charge in [0.1, 0.15) is 5.58 Å². The summed E-state index contributed by atoms with van der Waals surface area (Å²) in [6.07, 6.45) is 0. The maximum atomic E-state index is 6.67. The zero-order valence-electron chi connectivity index (χ0n) is 26.5. The molecule has 3 heteroatoms. The van der Waals surface area contributed by atoms with Crippen molar-refractivity contribution in [3.63, 3.8) is 0 Å². The van der Waals surface area contributed by atoms with E-state index in [0.717, 1.165) is 50.1 Å². The fourth-order valence-corrected chi connectivity index (χ4v) is 8.40. The summed E-state index contributed by atoms with van der Waals surface area (Å²) in [6.45, 7) is 0. The number of fused-ring (bicyclic) bond motifs is 7. The van der Waals surface area contributed by atoms with E-state index < -0.39 is 0 Å². The van der Waals surface area contributed by atoms with Gasteiger partial charge < -0.3 is 9.32 Å². The SMILES string of the molecule is c1cc(-c2ccc3ccccc3c2)cc(N(c2ccccc2-c2ccc3sc4ccccc4c3c2)c2cccc3c2oc2ccccc23)c1. The number of anilines is 3. The van der Waals surface area contributed by atoms with Crippen LogP contribution in [0.4, 0.5) is 17.1 Å². The van der Waals surface area contributed by atoms with Crippen molar-refractivity contribution in [1.82, 2.24) is 0 Å². The molecule has 2 heterocycles. The van der Waals surface area contributed by atoms with Gasteiger partial charge in [0.2, 0.25) is 0 Å². The van der Waals surface area contributed by atoms with Crippen LogP contribution in [0.15, 0.2) is 180 Å². The molecule has 10 aromatic rings. The topological polar surface area (TPSA) is 16.4 Å². The lowest BCUT2D eigenvalue weighted by Gasteiger charge is -2.28. The van der Waals surface area contributed by atoms with Crippen molar-refractivity contribution >= 4 is 81.3 Å². The lowest BCUT2D eigenvalue weighted by atomic mass is 9.98. The van der Waals surface area contributed by atoms with Gasteiger partial charge in [-0.2, -0.15) is 0 Å². The quantitative estimate of drug-likeness (QED) is 0.186. The molecule has 0 aliphatic heterocycles. The van der Waals surface area contributed by atoms with Gasteiger partial charge in [0.05, 0.1) is 11.4 Å². The summed E-state index contributed by atoms with van der Waals surface area (Å²) in [5.41, 5.74) is 9.59. The number of thiophene rings is 1. The summed E-state index contributed by atoms with van der Waals surface area (Å²) in [5.74, 6) is 0. The van der Waals surface area contributed by atoms with Crippen molar-refractivity contribution in [2.45, 2.75) is 0 Å². The molecule has 0 aliphatic rings. The molecule has 8 aromatic carbocycles. The van der Waals surface area contributed by atoms with E-state index in [0.29, 0.717) is 0 Å². The van der Waals surface area contributed by atoms with Crippen LogP contribution in [0.2, 0.25) is 0 Å². The second-order valence-electron chi connectivity index (χ2n) is 12.5. The molecule has 10 rings (SSSR count). The first-order chi connectivity index (χ1) is 24.3. The van der Waals surface area contributed by atoms with E-state index in [1.165, 1.54) is 42.1 Å². The minimum atomic E-state index is 0.869. The van der Waals surface area contributed by atoms with E-state index in [1.807, 2.05) is 17.4 Å². The van der Waals surface area contributed by atoms with Crippen LogP contribution in [0.5, 0.6) is 0 Å². The van der Waals surface area contributed by atoms with Gasteiger partial charge in [-0.1, -0.05) is 121 Å². The number of nitrogens with zero attached hydrogens (tertiary/aromatic N) is 1. The van der Waals surface area contributed by atoms with Gasteiger partial charge in [-0.05, 0) is 82.1 Å². The van der Waals surface area contributed by atoms with Gasteiger partial charge in [0.15, 0.2) is 5.58 Å². The highest BCUT2D eigenvalue weighted by atomic mass is 32.1. The van der Waals surface area contributed by atoms with E-state index >= 15 is 0 Å². The van der Waals surface area contributed by atoms with Gasteiger partial charge in [0.25, 0.3) is 0 Å². The van der Waals surface area contributed by atoms with Crippen LogP contribution >= 0.6 is 11.3 Å². The summed E-state index contributed by atoms with van der Waals surface area (Å²) >= 11 is 1.85. The number of rotatable bonds is 5. The molecule has 49 heavy (non-hydrogen) atoms. The van der Waals surface area contributed by atoms with E-state index in [-0.39, 0.29) is 0 Å². The summed E-state index contributed by atoms with van der Waals surface area (Å²) < 4.78 is 9.28. The molecule has 0 spiro atoms. The Bertz CT molecular complexity index is 2860. The highest BCUT2D eigenvalue weighted by Crippen LogP contribution is 2.47. The minimum absolute atomic E-state index is 0.869. The standard InChI is InChI=1S/C46H29NOS/c1-2-12-31-27-33(24-23-30(31)11-1)32-13-9-14-35(28-32)47(42-20-10-18-39-37-16-4-7-21-43(37)48-46(39)42)41-19-6-3-15-36(41)34-25-26-45-40(29-34)38-17-5-8-22-44(38)49-45/h1-29H. The van der Waals surface area contributed by atoms with Crippen LogP contribution in [0, 0.1) is 0 Å². The van der Waals surface area contributed by atoms with E-state index in [9.17, 15) is 0 Å². The van der Waals surface area contributed by atoms with Crippen LogP contribution in [0.25, 0.3) is 75.1 Å². The maximum Gasteiger partial charge on any atom is 0.159 e. The molecule has 0 radical (unpaired) electrons. The third-order valence-electron chi connectivity index (χ3n) is 9.64. The molecule has 0 unspecified atom stereocenters. The normalized spacial score (nSPS) is 11.7.